The Bertz CT molecular complexity index is 1070. The van der Waals surface area contributed by atoms with Crippen LogP contribution in [0.3, 0.4) is 0 Å². The first-order valence-electron chi connectivity index (χ1n) is 8.92. The molecule has 0 amide bonds. The van der Waals surface area contributed by atoms with E-state index in [0.717, 1.165) is 28.6 Å². The number of Topliss-reactive ketones (excluding diaryl/α,β-unsaturated/α-hetero) is 1. The molecule has 1 saturated heterocycles. The Labute approximate surface area is 177 Å². The van der Waals surface area contributed by atoms with E-state index < -0.39 is 39.3 Å². The van der Waals surface area contributed by atoms with Gasteiger partial charge in [0.25, 0.3) is 5.69 Å². The van der Waals surface area contributed by atoms with Crippen LogP contribution in [0.15, 0.2) is 53.4 Å². The highest BCUT2D eigenvalue weighted by Gasteiger charge is 2.40. The number of esters is 1. The Morgan fingerprint density at radius 3 is 2.37 bits per heavy atom. The van der Waals surface area contributed by atoms with Gasteiger partial charge in [-0.25, -0.2) is 8.42 Å². The molecule has 0 aliphatic carbocycles. The smallest absolute Gasteiger partial charge is 0.324 e. The fourth-order valence-electron chi connectivity index (χ4n) is 3.09. The van der Waals surface area contributed by atoms with Crippen molar-refractivity contribution in [2.45, 2.75) is 23.8 Å². The number of nitrogens with zero attached hydrogens (tertiary/aromatic N) is 2. The van der Waals surface area contributed by atoms with Gasteiger partial charge in [0.1, 0.15) is 6.04 Å². The van der Waals surface area contributed by atoms with Gasteiger partial charge >= 0.3 is 5.97 Å². The molecule has 30 heavy (non-hydrogen) atoms. The molecule has 1 fully saturated rings. The first-order valence-corrected chi connectivity index (χ1v) is 10.7. The van der Waals surface area contributed by atoms with E-state index in [4.69, 9.17) is 16.3 Å². The first-order chi connectivity index (χ1) is 14.2. The number of hydrogen-bond donors (Lipinski definition) is 0. The number of ether oxygens (including phenoxy) is 1. The average molecular weight is 453 g/mol. The number of non-ortho nitro benzene ring substituents is 1. The second-order valence-electron chi connectivity index (χ2n) is 6.56. The van der Waals surface area contributed by atoms with Crippen molar-refractivity contribution in [3.63, 3.8) is 0 Å². The van der Waals surface area contributed by atoms with Gasteiger partial charge in [-0.2, -0.15) is 4.31 Å². The Morgan fingerprint density at radius 1 is 1.13 bits per heavy atom. The number of rotatable bonds is 7. The molecule has 2 aromatic carbocycles. The summed E-state index contributed by atoms with van der Waals surface area (Å²) in [5, 5.41) is 11.2. The van der Waals surface area contributed by atoms with E-state index in [9.17, 15) is 28.1 Å². The molecule has 11 heteroatoms. The molecule has 1 atom stereocenters. The lowest BCUT2D eigenvalue weighted by atomic mass is 10.1. The molecule has 0 radical (unpaired) electrons. The molecule has 1 aliphatic rings. The highest BCUT2D eigenvalue weighted by Crippen LogP contribution is 2.28. The average Bonchev–Trinajstić information content (AvgIpc) is 3.23. The lowest BCUT2D eigenvalue weighted by Gasteiger charge is -2.22. The molecule has 0 saturated carbocycles. The van der Waals surface area contributed by atoms with Gasteiger partial charge in [-0.15, -0.1) is 0 Å². The van der Waals surface area contributed by atoms with Crippen LogP contribution in [-0.4, -0.2) is 48.6 Å². The minimum absolute atomic E-state index is 0.101. The maximum Gasteiger partial charge on any atom is 0.324 e. The maximum absolute atomic E-state index is 12.9. The summed E-state index contributed by atoms with van der Waals surface area (Å²) in [5.41, 5.74) is 0.0704. The normalized spacial score (nSPS) is 16.9. The fraction of sp³-hybridized carbons (Fsp3) is 0.263. The van der Waals surface area contributed by atoms with E-state index in [1.807, 2.05) is 0 Å². The molecule has 1 unspecified atom stereocenters. The van der Waals surface area contributed by atoms with E-state index >= 15 is 0 Å². The summed E-state index contributed by atoms with van der Waals surface area (Å²) in [6.45, 7) is -0.424. The Kier molecular flexibility index (Phi) is 6.49. The molecule has 2 aromatic rings. The van der Waals surface area contributed by atoms with Crippen molar-refractivity contribution >= 4 is 39.1 Å². The number of hydrogen-bond acceptors (Lipinski definition) is 7. The molecule has 0 N–H and O–H groups in total. The lowest BCUT2D eigenvalue weighted by molar-refractivity contribution is -0.384. The van der Waals surface area contributed by atoms with Gasteiger partial charge in [0.05, 0.1) is 9.82 Å². The van der Waals surface area contributed by atoms with Crippen molar-refractivity contribution in [1.82, 2.24) is 4.31 Å². The van der Waals surface area contributed by atoms with Crippen molar-refractivity contribution < 1.29 is 27.7 Å². The summed E-state index contributed by atoms with van der Waals surface area (Å²) in [7, 11) is -4.06. The van der Waals surface area contributed by atoms with Gasteiger partial charge in [-0.05, 0) is 49.2 Å². The predicted octanol–water partition coefficient (Wildman–Crippen LogP) is 2.83. The highest BCUT2D eigenvalue weighted by atomic mass is 35.5. The number of benzene rings is 2. The Hall–Kier alpha value is -2.82. The molecule has 158 valence electrons. The van der Waals surface area contributed by atoms with Gasteiger partial charge in [-0.3, -0.25) is 19.7 Å². The second-order valence-corrected chi connectivity index (χ2v) is 8.89. The summed E-state index contributed by atoms with van der Waals surface area (Å²) in [5.74, 6) is -1.26. The molecule has 1 heterocycles. The summed E-state index contributed by atoms with van der Waals surface area (Å²) < 4.78 is 31.9. The van der Waals surface area contributed by atoms with Crippen LogP contribution < -0.4 is 0 Å². The zero-order valence-corrected chi connectivity index (χ0v) is 17.1. The van der Waals surface area contributed by atoms with Crippen LogP contribution in [0.25, 0.3) is 0 Å². The quantitative estimate of drug-likeness (QED) is 0.274. The minimum Gasteiger partial charge on any atom is -0.456 e. The summed E-state index contributed by atoms with van der Waals surface area (Å²) in [6.07, 6.45) is 0.692. The van der Waals surface area contributed by atoms with E-state index in [1.54, 1.807) is 0 Å². The van der Waals surface area contributed by atoms with Gasteiger partial charge in [0.15, 0.2) is 12.4 Å². The third kappa shape index (κ3) is 4.66. The number of ketones is 1. The fourth-order valence-corrected chi connectivity index (χ4v) is 4.86. The second kappa shape index (κ2) is 8.90. The number of nitro benzene ring substituents is 1. The summed E-state index contributed by atoms with van der Waals surface area (Å²) in [4.78, 5) is 34.6. The zero-order valence-electron chi connectivity index (χ0n) is 15.6. The SMILES string of the molecule is O=C(COC(=O)C1CCCN1S(=O)(=O)c1ccc([N+](=O)[O-])cc1)c1ccc(Cl)cc1. The van der Waals surface area contributed by atoms with E-state index in [1.165, 1.54) is 24.3 Å². The first kappa shape index (κ1) is 21.9. The van der Waals surface area contributed by atoms with Crippen molar-refractivity contribution in [2.75, 3.05) is 13.2 Å². The molecule has 0 spiro atoms. The number of carbonyl (C=O) groups is 2. The van der Waals surface area contributed by atoms with Crippen molar-refractivity contribution in [3.8, 4) is 0 Å². The molecule has 3 rings (SSSR count). The standard InChI is InChI=1S/C19H17ClN2O7S/c20-14-5-3-13(4-6-14)18(23)12-29-19(24)17-2-1-11-21(17)30(27,28)16-9-7-15(8-10-16)22(25)26/h3-10,17H,1-2,11-12H2. The van der Waals surface area contributed by atoms with Gasteiger partial charge in [-0.1, -0.05) is 11.6 Å². The predicted molar refractivity (Wildman–Crippen MR) is 107 cm³/mol. The van der Waals surface area contributed by atoms with Crippen LogP contribution in [0.5, 0.6) is 0 Å². The maximum atomic E-state index is 12.9. The zero-order chi connectivity index (χ0) is 21.9. The van der Waals surface area contributed by atoms with E-state index in [-0.39, 0.29) is 23.5 Å². The van der Waals surface area contributed by atoms with Crippen molar-refractivity contribution in [1.29, 1.82) is 0 Å². The Morgan fingerprint density at radius 2 is 1.77 bits per heavy atom. The summed E-state index contributed by atoms with van der Waals surface area (Å²) in [6, 6.07) is 9.42. The molecule has 9 nitrogen and oxygen atoms in total. The van der Waals surface area contributed by atoms with Crippen LogP contribution in [0.2, 0.25) is 5.02 Å². The van der Waals surface area contributed by atoms with Crippen molar-refractivity contribution in [3.05, 3.63) is 69.2 Å². The third-order valence-corrected chi connectivity index (χ3v) is 6.82. The molecule has 0 bridgehead atoms. The summed E-state index contributed by atoms with van der Waals surface area (Å²) >= 11 is 5.77. The van der Waals surface area contributed by atoms with Gasteiger partial charge in [0.2, 0.25) is 10.0 Å². The highest BCUT2D eigenvalue weighted by molar-refractivity contribution is 7.89. The van der Waals surface area contributed by atoms with Crippen LogP contribution in [0.1, 0.15) is 23.2 Å². The Balaban J connectivity index is 1.69. The van der Waals surface area contributed by atoms with Crippen LogP contribution in [0, 0.1) is 10.1 Å². The van der Waals surface area contributed by atoms with E-state index in [2.05, 4.69) is 0 Å². The van der Waals surface area contributed by atoms with Crippen LogP contribution >= 0.6 is 11.6 Å². The monoisotopic (exact) mass is 452 g/mol. The van der Waals surface area contributed by atoms with E-state index in [0.29, 0.717) is 17.0 Å². The van der Waals surface area contributed by atoms with Crippen molar-refractivity contribution in [2.24, 2.45) is 0 Å². The topological polar surface area (TPSA) is 124 Å². The molecule has 1 aliphatic heterocycles. The van der Waals surface area contributed by atoms with Gasteiger partial charge in [0, 0.05) is 29.3 Å². The molecule has 0 aromatic heterocycles. The number of sulfonamides is 1. The molecular formula is C19H17ClN2O7S. The molecular weight excluding hydrogens is 436 g/mol. The lowest BCUT2D eigenvalue weighted by Crippen LogP contribution is -2.41. The number of halogens is 1. The van der Waals surface area contributed by atoms with Crippen LogP contribution in [-0.2, 0) is 19.6 Å². The minimum atomic E-state index is -4.06. The van der Waals surface area contributed by atoms with Crippen LogP contribution in [0.4, 0.5) is 5.69 Å². The van der Waals surface area contributed by atoms with Gasteiger partial charge < -0.3 is 4.74 Å². The number of nitro groups is 1. The third-order valence-electron chi connectivity index (χ3n) is 4.64. The number of carbonyl (C=O) groups excluding carboxylic acids is 2. The largest absolute Gasteiger partial charge is 0.456 e.